The molecule has 1 aliphatic rings. The highest BCUT2D eigenvalue weighted by Crippen LogP contribution is 2.36. The van der Waals surface area contributed by atoms with E-state index in [9.17, 15) is 14.4 Å². The van der Waals surface area contributed by atoms with E-state index >= 15 is 0 Å². The van der Waals surface area contributed by atoms with Crippen LogP contribution in [0.3, 0.4) is 0 Å². The van der Waals surface area contributed by atoms with Gasteiger partial charge in [0.2, 0.25) is 5.91 Å². The lowest BCUT2D eigenvalue weighted by molar-refractivity contribution is -0.126. The molecule has 0 saturated carbocycles. The van der Waals surface area contributed by atoms with Crippen molar-refractivity contribution < 1.29 is 19.1 Å². The Morgan fingerprint density at radius 2 is 1.89 bits per heavy atom. The molecule has 2 aromatic carbocycles. The normalized spacial score (nSPS) is 17.2. The van der Waals surface area contributed by atoms with Crippen LogP contribution in [0.1, 0.15) is 51.5 Å². The van der Waals surface area contributed by atoms with Crippen LogP contribution in [0.4, 0.5) is 5.69 Å². The largest absolute Gasteiger partial charge is 0.461 e. The van der Waals surface area contributed by atoms with Crippen molar-refractivity contribution in [1.29, 1.82) is 0 Å². The third-order valence-corrected chi connectivity index (χ3v) is 6.59. The van der Waals surface area contributed by atoms with Gasteiger partial charge in [-0.1, -0.05) is 47.5 Å². The van der Waals surface area contributed by atoms with E-state index in [1.54, 1.807) is 39.0 Å². The molecule has 1 N–H and O–H groups in total. The van der Waals surface area contributed by atoms with E-state index in [0.29, 0.717) is 22.8 Å². The number of nitrogens with zero attached hydrogens (tertiary/aromatic N) is 3. The first-order valence-corrected chi connectivity index (χ1v) is 11.7. The van der Waals surface area contributed by atoms with Crippen molar-refractivity contribution in [3.63, 3.8) is 0 Å². The van der Waals surface area contributed by atoms with Gasteiger partial charge in [-0.2, -0.15) is 5.10 Å². The zero-order chi connectivity index (χ0) is 25.3. The van der Waals surface area contributed by atoms with E-state index in [0.717, 1.165) is 11.1 Å². The molecule has 0 aliphatic carbocycles. The molecule has 0 spiro atoms. The molecule has 35 heavy (non-hydrogen) atoms. The molecule has 0 fully saturated rings. The summed E-state index contributed by atoms with van der Waals surface area (Å²) < 4.78 is 6.45. The second-order valence-corrected chi connectivity index (χ2v) is 9.17. The zero-order valence-electron chi connectivity index (χ0n) is 20.1. The van der Waals surface area contributed by atoms with Crippen molar-refractivity contribution in [2.75, 3.05) is 11.5 Å². The Morgan fingerprint density at radius 3 is 2.57 bits per heavy atom. The average Bonchev–Trinajstić information content (AvgIpc) is 3.25. The topological polar surface area (TPSA) is 93.5 Å². The average molecular weight is 495 g/mol. The molecule has 2 heterocycles. The van der Waals surface area contributed by atoms with Gasteiger partial charge in [0.15, 0.2) is 5.69 Å². The molecule has 0 saturated heterocycles. The Morgan fingerprint density at radius 1 is 1.17 bits per heavy atom. The molecule has 8 nitrogen and oxygen atoms in total. The van der Waals surface area contributed by atoms with Gasteiger partial charge in [-0.3, -0.25) is 19.2 Å². The van der Waals surface area contributed by atoms with E-state index < -0.39 is 17.4 Å². The molecule has 1 atom stereocenters. The second-order valence-electron chi connectivity index (χ2n) is 8.76. The molecular weight excluding hydrogens is 468 g/mol. The number of hydrogen-bond acceptors (Lipinski definition) is 5. The summed E-state index contributed by atoms with van der Waals surface area (Å²) in [7, 11) is 0. The smallest absolute Gasteiger partial charge is 0.358 e. The summed E-state index contributed by atoms with van der Waals surface area (Å²) >= 11 is 6.37. The summed E-state index contributed by atoms with van der Waals surface area (Å²) in [4.78, 5) is 41.2. The van der Waals surface area contributed by atoms with Gasteiger partial charge in [0.25, 0.3) is 5.91 Å². The molecule has 1 aliphatic heterocycles. The van der Waals surface area contributed by atoms with Crippen LogP contribution in [-0.2, 0) is 22.6 Å². The molecule has 182 valence electrons. The van der Waals surface area contributed by atoms with Crippen LogP contribution in [0.25, 0.3) is 0 Å². The number of carbonyl (C=O) groups excluding carboxylic acids is 3. The first kappa shape index (κ1) is 24.5. The minimum absolute atomic E-state index is 0.0160. The van der Waals surface area contributed by atoms with Gasteiger partial charge in [-0.15, -0.1) is 0 Å². The molecule has 0 radical (unpaired) electrons. The lowest BCUT2D eigenvalue weighted by atomic mass is 9.93. The summed E-state index contributed by atoms with van der Waals surface area (Å²) in [6, 6.07) is 14.5. The number of rotatable bonds is 6. The van der Waals surface area contributed by atoms with E-state index in [4.69, 9.17) is 16.3 Å². The van der Waals surface area contributed by atoms with Crippen LogP contribution in [0.2, 0.25) is 5.02 Å². The van der Waals surface area contributed by atoms with Crippen molar-refractivity contribution in [3.05, 3.63) is 81.6 Å². The summed E-state index contributed by atoms with van der Waals surface area (Å²) in [6.45, 7) is 7.69. The van der Waals surface area contributed by atoms with Crippen LogP contribution in [0.15, 0.2) is 48.5 Å². The first-order valence-electron chi connectivity index (χ1n) is 11.3. The SMILES string of the molecule is CCOC(=O)c1cc2n(n1)C[C@@](C)(C(=O)NCc1ccc(C)cc1)N(c1cccc(Cl)c1C)C2=O. The molecule has 9 heteroatoms. The Hall–Kier alpha value is -3.65. The lowest BCUT2D eigenvalue weighted by Gasteiger charge is -2.43. The Balaban J connectivity index is 1.75. The minimum Gasteiger partial charge on any atom is -0.461 e. The number of amides is 2. The number of anilines is 1. The van der Waals surface area contributed by atoms with E-state index in [2.05, 4.69) is 10.4 Å². The molecule has 1 aromatic heterocycles. The van der Waals surface area contributed by atoms with Crippen molar-refractivity contribution >= 4 is 35.1 Å². The van der Waals surface area contributed by atoms with Crippen molar-refractivity contribution in [3.8, 4) is 0 Å². The van der Waals surface area contributed by atoms with Gasteiger partial charge in [0.05, 0.1) is 13.2 Å². The van der Waals surface area contributed by atoms with E-state index in [1.807, 2.05) is 31.2 Å². The number of hydrogen-bond donors (Lipinski definition) is 1. The molecule has 3 aromatic rings. The predicted octanol–water partition coefficient (Wildman–Crippen LogP) is 4.07. The Kier molecular flexibility index (Phi) is 6.67. The van der Waals surface area contributed by atoms with Gasteiger partial charge in [-0.05, 0) is 51.0 Å². The molecule has 0 unspecified atom stereocenters. The van der Waals surface area contributed by atoms with Crippen molar-refractivity contribution in [2.45, 2.75) is 46.3 Å². The fraction of sp³-hybridized carbons (Fsp3) is 0.308. The van der Waals surface area contributed by atoms with Gasteiger partial charge in [-0.25, -0.2) is 4.79 Å². The van der Waals surface area contributed by atoms with Crippen LogP contribution in [0.5, 0.6) is 0 Å². The number of nitrogens with one attached hydrogen (secondary N) is 1. The van der Waals surface area contributed by atoms with Crippen molar-refractivity contribution in [2.24, 2.45) is 0 Å². The summed E-state index contributed by atoms with van der Waals surface area (Å²) in [5, 5.41) is 7.72. The molecule has 4 rings (SSSR count). The fourth-order valence-electron chi connectivity index (χ4n) is 4.18. The van der Waals surface area contributed by atoms with Gasteiger partial charge < -0.3 is 10.1 Å². The highest BCUT2D eigenvalue weighted by Gasteiger charge is 2.49. The van der Waals surface area contributed by atoms with Crippen LogP contribution in [-0.4, -0.2) is 39.7 Å². The van der Waals surface area contributed by atoms with Crippen LogP contribution in [0, 0.1) is 13.8 Å². The molecule has 0 bridgehead atoms. The van der Waals surface area contributed by atoms with Gasteiger partial charge >= 0.3 is 5.97 Å². The predicted molar refractivity (Wildman–Crippen MR) is 133 cm³/mol. The summed E-state index contributed by atoms with van der Waals surface area (Å²) in [5.74, 6) is -1.44. The number of benzene rings is 2. The first-order chi connectivity index (χ1) is 16.7. The van der Waals surface area contributed by atoms with Gasteiger partial charge in [0, 0.05) is 23.3 Å². The number of ether oxygens (including phenoxy) is 1. The lowest BCUT2D eigenvalue weighted by Crippen LogP contribution is -2.64. The number of halogens is 1. The molecule has 2 amide bonds. The van der Waals surface area contributed by atoms with Crippen LogP contribution < -0.4 is 10.2 Å². The second kappa shape index (κ2) is 9.54. The Bertz CT molecular complexity index is 1300. The van der Waals surface area contributed by atoms with E-state index in [-0.39, 0.29) is 30.4 Å². The highest BCUT2D eigenvalue weighted by atomic mass is 35.5. The molecular formula is C26H27ClN4O4. The number of esters is 1. The number of aryl methyl sites for hydroxylation is 1. The minimum atomic E-state index is -1.35. The number of carbonyl (C=O) groups is 3. The maximum Gasteiger partial charge on any atom is 0.358 e. The summed E-state index contributed by atoms with van der Waals surface area (Å²) in [5.41, 5.74) is 2.10. The van der Waals surface area contributed by atoms with Crippen molar-refractivity contribution in [1.82, 2.24) is 15.1 Å². The fourth-order valence-corrected chi connectivity index (χ4v) is 4.35. The number of aromatic nitrogens is 2. The number of fused-ring (bicyclic) bond motifs is 1. The quantitative estimate of drug-likeness (QED) is 0.521. The third kappa shape index (κ3) is 4.53. The summed E-state index contributed by atoms with van der Waals surface area (Å²) in [6.07, 6.45) is 0. The monoisotopic (exact) mass is 494 g/mol. The van der Waals surface area contributed by atoms with Crippen LogP contribution >= 0.6 is 11.6 Å². The zero-order valence-corrected chi connectivity index (χ0v) is 20.8. The van der Waals surface area contributed by atoms with Gasteiger partial charge in [0.1, 0.15) is 11.2 Å². The van der Waals surface area contributed by atoms with E-state index in [1.165, 1.54) is 15.6 Å². The third-order valence-electron chi connectivity index (χ3n) is 6.18. The standard InChI is InChI=1S/C26H27ClN4O4/c1-5-35-24(33)20-13-22-23(32)31(21-8-6-7-19(27)17(21)3)26(4,15-30(22)29-20)25(34)28-14-18-11-9-16(2)10-12-18/h6-13H,5,14-15H2,1-4H3,(H,28,34)/t26-/m0/s1. The Labute approximate surface area is 208 Å². The highest BCUT2D eigenvalue weighted by molar-refractivity contribution is 6.32. The maximum atomic E-state index is 13.8. The maximum absolute atomic E-state index is 13.8.